The van der Waals surface area contributed by atoms with Gasteiger partial charge in [0.2, 0.25) is 0 Å². The van der Waals surface area contributed by atoms with Crippen LogP contribution < -0.4 is 0 Å². The highest BCUT2D eigenvalue weighted by molar-refractivity contribution is 5.88. The molecule has 1 N–H and O–H groups in total. The predicted molar refractivity (Wildman–Crippen MR) is 132 cm³/mol. The molecule has 0 bridgehead atoms. The number of hydrogen-bond donors (Lipinski definition) is 1. The molecule has 0 amide bonds. The van der Waals surface area contributed by atoms with Crippen molar-refractivity contribution in [3.63, 3.8) is 0 Å². The van der Waals surface area contributed by atoms with Crippen LogP contribution in [0, 0.1) is 5.92 Å². The molecule has 1 aliphatic rings. The second kappa shape index (κ2) is 8.65. The fourth-order valence-corrected chi connectivity index (χ4v) is 5.27. The molecular formula is C29H38O2. The smallest absolute Gasteiger partial charge is 0.335 e. The molecule has 2 aromatic carbocycles. The Kier molecular flexibility index (Phi) is 6.51. The molecule has 0 radical (unpaired) electrons. The number of fused-ring (bicyclic) bond motifs is 1. The predicted octanol–water partition coefficient (Wildman–Crippen LogP) is 7.88. The normalized spacial score (nSPS) is 19.3. The molecule has 0 spiro atoms. The number of rotatable bonds is 7. The molecule has 0 fully saturated rings. The van der Waals surface area contributed by atoms with Crippen LogP contribution in [-0.4, -0.2) is 11.1 Å². The van der Waals surface area contributed by atoms with Crippen LogP contribution in [0.4, 0.5) is 0 Å². The summed E-state index contributed by atoms with van der Waals surface area (Å²) >= 11 is 0. The average Bonchev–Trinajstić information content (AvgIpc) is 2.85. The Morgan fingerprint density at radius 1 is 1.00 bits per heavy atom. The molecule has 1 aliphatic carbocycles. The van der Waals surface area contributed by atoms with E-state index in [0.29, 0.717) is 11.5 Å². The van der Waals surface area contributed by atoms with Crippen LogP contribution in [-0.2, 0) is 17.3 Å². The Balaban J connectivity index is 2.09. The number of carbonyl (C=O) groups is 1. The third-order valence-electron chi connectivity index (χ3n) is 7.81. The van der Waals surface area contributed by atoms with Crippen LogP contribution in [0.25, 0.3) is 11.6 Å². The van der Waals surface area contributed by atoms with Gasteiger partial charge in [-0.05, 0) is 82.0 Å². The summed E-state index contributed by atoms with van der Waals surface area (Å²) < 4.78 is 0. The first kappa shape index (κ1) is 23.3. The fourth-order valence-electron chi connectivity index (χ4n) is 5.27. The molecule has 0 aliphatic heterocycles. The second-order valence-electron chi connectivity index (χ2n) is 10.4. The number of benzene rings is 2. The highest BCUT2D eigenvalue weighted by atomic mass is 16.4. The van der Waals surface area contributed by atoms with E-state index >= 15 is 0 Å². The minimum Gasteiger partial charge on any atom is -0.478 e. The van der Waals surface area contributed by atoms with Crippen molar-refractivity contribution < 1.29 is 9.90 Å². The van der Waals surface area contributed by atoms with Gasteiger partial charge in [0.15, 0.2) is 0 Å². The van der Waals surface area contributed by atoms with E-state index in [4.69, 9.17) is 5.11 Å². The summed E-state index contributed by atoms with van der Waals surface area (Å²) in [5.41, 5.74) is 8.69. The number of unbranched alkanes of at least 4 members (excludes halogenated alkanes) is 2. The van der Waals surface area contributed by atoms with Crippen LogP contribution in [0.15, 0.2) is 36.4 Å². The molecule has 2 nitrogen and oxygen atoms in total. The van der Waals surface area contributed by atoms with Crippen molar-refractivity contribution in [1.82, 2.24) is 0 Å². The van der Waals surface area contributed by atoms with Crippen LogP contribution >= 0.6 is 0 Å². The average molecular weight is 419 g/mol. The van der Waals surface area contributed by atoms with E-state index in [0.717, 1.165) is 12.0 Å². The summed E-state index contributed by atoms with van der Waals surface area (Å²) in [4.78, 5) is 11.2. The summed E-state index contributed by atoms with van der Waals surface area (Å²) in [6, 6.07) is 12.1. The molecule has 0 aromatic heterocycles. The zero-order chi connectivity index (χ0) is 23.0. The van der Waals surface area contributed by atoms with Gasteiger partial charge in [0.05, 0.1) is 5.56 Å². The summed E-state index contributed by atoms with van der Waals surface area (Å²) in [7, 11) is 0. The van der Waals surface area contributed by atoms with Gasteiger partial charge in [-0.15, -0.1) is 0 Å². The highest BCUT2D eigenvalue weighted by Crippen LogP contribution is 2.54. The topological polar surface area (TPSA) is 37.3 Å². The van der Waals surface area contributed by atoms with Crippen molar-refractivity contribution >= 4 is 17.6 Å². The number of carboxylic acids is 1. The van der Waals surface area contributed by atoms with Crippen LogP contribution in [0.3, 0.4) is 0 Å². The SMILES string of the molecule is CCCCCc1cc2c(cc1C(C)=Cc1ccc(C(=O)O)cc1)C(C)(C)C(C)C2(C)C. The monoisotopic (exact) mass is 418 g/mol. The lowest BCUT2D eigenvalue weighted by Gasteiger charge is -2.32. The minimum absolute atomic E-state index is 0.138. The first-order valence-corrected chi connectivity index (χ1v) is 11.7. The third kappa shape index (κ3) is 4.35. The Labute approximate surface area is 188 Å². The van der Waals surface area contributed by atoms with Gasteiger partial charge in [-0.3, -0.25) is 0 Å². The Bertz CT molecular complexity index is 990. The minimum atomic E-state index is -0.886. The Morgan fingerprint density at radius 3 is 2.13 bits per heavy atom. The first-order chi connectivity index (χ1) is 14.5. The van der Waals surface area contributed by atoms with E-state index < -0.39 is 5.97 Å². The largest absolute Gasteiger partial charge is 0.478 e. The lowest BCUT2D eigenvalue weighted by molar-refractivity contribution is 0.0697. The van der Waals surface area contributed by atoms with Gasteiger partial charge in [0, 0.05) is 0 Å². The molecule has 1 unspecified atom stereocenters. The molecule has 31 heavy (non-hydrogen) atoms. The molecule has 0 saturated heterocycles. The van der Waals surface area contributed by atoms with E-state index in [-0.39, 0.29) is 10.8 Å². The van der Waals surface area contributed by atoms with Gasteiger partial charge in [0.25, 0.3) is 0 Å². The Morgan fingerprint density at radius 2 is 1.58 bits per heavy atom. The molecular weight excluding hydrogens is 380 g/mol. The number of aryl methyl sites for hydroxylation is 1. The van der Waals surface area contributed by atoms with Gasteiger partial charge in [-0.1, -0.05) is 84.7 Å². The van der Waals surface area contributed by atoms with E-state index in [1.54, 1.807) is 12.1 Å². The van der Waals surface area contributed by atoms with Gasteiger partial charge >= 0.3 is 5.97 Å². The standard InChI is InChI=1S/C29H38O2/c1-8-9-10-11-23-17-25-26(29(6,7)20(3)28(25,4)5)18-24(23)19(2)16-21-12-14-22(15-13-21)27(30)31/h12-18,20H,8-11H2,1-7H3,(H,30,31). The quantitative estimate of drug-likeness (QED) is 0.367. The summed E-state index contributed by atoms with van der Waals surface area (Å²) in [5.74, 6) is -0.315. The number of carboxylic acid groups (broad SMARTS) is 1. The lowest BCUT2D eigenvalue weighted by Crippen LogP contribution is -2.30. The fraction of sp³-hybridized carbons (Fsp3) is 0.483. The first-order valence-electron chi connectivity index (χ1n) is 11.7. The maximum atomic E-state index is 11.2. The van der Waals surface area contributed by atoms with Gasteiger partial charge in [0.1, 0.15) is 0 Å². The van der Waals surface area contributed by atoms with Gasteiger partial charge in [-0.25, -0.2) is 4.79 Å². The Hall–Kier alpha value is -2.35. The molecule has 0 heterocycles. The van der Waals surface area contributed by atoms with Crippen molar-refractivity contribution in [2.24, 2.45) is 5.92 Å². The lowest BCUT2D eigenvalue weighted by atomic mass is 9.71. The zero-order valence-corrected chi connectivity index (χ0v) is 20.3. The molecule has 2 heteroatoms. The number of aromatic carboxylic acids is 1. The molecule has 3 rings (SSSR count). The van der Waals surface area contributed by atoms with E-state index in [1.165, 1.54) is 47.1 Å². The molecule has 1 atom stereocenters. The van der Waals surface area contributed by atoms with Gasteiger partial charge in [-0.2, -0.15) is 0 Å². The molecule has 0 saturated carbocycles. The van der Waals surface area contributed by atoms with Crippen LogP contribution in [0.2, 0.25) is 0 Å². The molecule has 2 aromatic rings. The van der Waals surface area contributed by atoms with Crippen LogP contribution in [0.1, 0.15) is 106 Å². The van der Waals surface area contributed by atoms with E-state index in [1.807, 2.05) is 12.1 Å². The van der Waals surface area contributed by atoms with Crippen molar-refractivity contribution in [3.05, 3.63) is 69.8 Å². The zero-order valence-electron chi connectivity index (χ0n) is 20.3. The highest BCUT2D eigenvalue weighted by Gasteiger charge is 2.48. The number of allylic oxidation sites excluding steroid dienone is 1. The second-order valence-corrected chi connectivity index (χ2v) is 10.4. The van der Waals surface area contributed by atoms with Crippen molar-refractivity contribution in [3.8, 4) is 0 Å². The van der Waals surface area contributed by atoms with Gasteiger partial charge < -0.3 is 5.11 Å². The van der Waals surface area contributed by atoms with E-state index in [9.17, 15) is 4.79 Å². The summed E-state index contributed by atoms with van der Waals surface area (Å²) in [6.07, 6.45) is 6.97. The third-order valence-corrected chi connectivity index (χ3v) is 7.81. The maximum absolute atomic E-state index is 11.2. The summed E-state index contributed by atoms with van der Waals surface area (Å²) in [6.45, 7) is 16.4. The summed E-state index contributed by atoms with van der Waals surface area (Å²) in [5, 5.41) is 9.16. The van der Waals surface area contributed by atoms with Crippen molar-refractivity contribution in [2.45, 2.75) is 85.0 Å². The van der Waals surface area contributed by atoms with E-state index in [2.05, 4.69) is 66.7 Å². The van der Waals surface area contributed by atoms with Crippen molar-refractivity contribution in [1.29, 1.82) is 0 Å². The van der Waals surface area contributed by atoms with Crippen molar-refractivity contribution in [2.75, 3.05) is 0 Å². The molecule has 166 valence electrons. The number of hydrogen-bond acceptors (Lipinski definition) is 1. The van der Waals surface area contributed by atoms with Crippen LogP contribution in [0.5, 0.6) is 0 Å². The maximum Gasteiger partial charge on any atom is 0.335 e.